The molecule has 156 valence electrons. The highest BCUT2D eigenvalue weighted by Gasteiger charge is 2.26. The Labute approximate surface area is 175 Å². The summed E-state index contributed by atoms with van der Waals surface area (Å²) in [4.78, 5) is 26.7. The van der Waals surface area contributed by atoms with Gasteiger partial charge < -0.3 is 19.5 Å². The van der Waals surface area contributed by atoms with Crippen LogP contribution >= 0.6 is 11.6 Å². The topological polar surface area (TPSA) is 84.7 Å². The first-order valence-corrected chi connectivity index (χ1v) is 10.2. The van der Waals surface area contributed by atoms with Gasteiger partial charge in [-0.1, -0.05) is 28.9 Å². The van der Waals surface area contributed by atoms with Gasteiger partial charge in [0.1, 0.15) is 0 Å². The van der Waals surface area contributed by atoms with Crippen LogP contribution in [-0.2, 0) is 9.53 Å². The first-order valence-electron chi connectivity index (χ1n) is 9.85. The van der Waals surface area contributed by atoms with Gasteiger partial charge in [-0.15, -0.1) is 0 Å². The first-order chi connectivity index (χ1) is 13.9. The molecule has 1 aromatic heterocycles. The fourth-order valence-electron chi connectivity index (χ4n) is 3.26. The highest BCUT2D eigenvalue weighted by Crippen LogP contribution is 2.24. The Hall–Kier alpha value is -2.38. The largest absolute Gasteiger partial charge is 0.376 e. The fourth-order valence-corrected chi connectivity index (χ4v) is 3.45. The minimum atomic E-state index is -0.283. The molecule has 0 spiro atoms. The lowest BCUT2D eigenvalue weighted by molar-refractivity contribution is -0.121. The Balaban J connectivity index is 1.72. The van der Waals surface area contributed by atoms with Gasteiger partial charge in [0.25, 0.3) is 5.91 Å². The number of nitrogens with one attached hydrogen (secondary N) is 1. The quantitative estimate of drug-likeness (QED) is 0.707. The van der Waals surface area contributed by atoms with Gasteiger partial charge in [0, 0.05) is 48.8 Å². The second-order valence-electron chi connectivity index (χ2n) is 7.45. The molecular weight excluding hydrogens is 394 g/mol. The average Bonchev–Trinajstić information content (AvgIpc) is 3.36. The molecule has 1 aliphatic rings. The zero-order valence-electron chi connectivity index (χ0n) is 16.7. The second-order valence-corrected chi connectivity index (χ2v) is 7.88. The molecule has 0 radical (unpaired) electrons. The predicted molar refractivity (Wildman–Crippen MR) is 110 cm³/mol. The van der Waals surface area contributed by atoms with Crippen molar-refractivity contribution >= 4 is 23.4 Å². The number of aromatic nitrogens is 1. The normalized spacial score (nSPS) is 16.2. The Kier molecular flexibility index (Phi) is 7.28. The molecule has 8 heteroatoms. The van der Waals surface area contributed by atoms with Gasteiger partial charge in [-0.2, -0.15) is 0 Å². The van der Waals surface area contributed by atoms with E-state index in [1.165, 1.54) is 0 Å². The van der Waals surface area contributed by atoms with Crippen molar-refractivity contribution in [2.45, 2.75) is 45.3 Å². The number of carbonyl (C=O) groups excluding carboxylic acids is 2. The summed E-state index contributed by atoms with van der Waals surface area (Å²) in [7, 11) is 0. The van der Waals surface area contributed by atoms with E-state index >= 15 is 0 Å². The van der Waals surface area contributed by atoms with Crippen molar-refractivity contribution in [3.05, 3.63) is 41.0 Å². The minimum Gasteiger partial charge on any atom is -0.376 e. The molecule has 1 N–H and O–H groups in total. The van der Waals surface area contributed by atoms with Gasteiger partial charge in [0.2, 0.25) is 5.91 Å². The summed E-state index contributed by atoms with van der Waals surface area (Å²) in [5.41, 5.74) is 0.938. The van der Waals surface area contributed by atoms with E-state index in [4.69, 9.17) is 20.9 Å². The third-order valence-corrected chi connectivity index (χ3v) is 4.87. The predicted octanol–water partition coefficient (Wildman–Crippen LogP) is 3.53. The van der Waals surface area contributed by atoms with Crippen LogP contribution in [0.25, 0.3) is 11.3 Å². The van der Waals surface area contributed by atoms with Crippen molar-refractivity contribution in [3.8, 4) is 11.3 Å². The number of hydrogen-bond donors (Lipinski definition) is 1. The maximum atomic E-state index is 13.1. The highest BCUT2D eigenvalue weighted by atomic mass is 35.5. The Morgan fingerprint density at radius 2 is 2.17 bits per heavy atom. The van der Waals surface area contributed by atoms with Crippen LogP contribution in [0.3, 0.4) is 0 Å². The smallest absolute Gasteiger partial charge is 0.276 e. The summed E-state index contributed by atoms with van der Waals surface area (Å²) in [6, 6.07) is 8.81. The van der Waals surface area contributed by atoms with Crippen LogP contribution in [0.4, 0.5) is 0 Å². The molecule has 1 unspecified atom stereocenters. The molecule has 1 aliphatic heterocycles. The molecule has 1 fully saturated rings. The van der Waals surface area contributed by atoms with E-state index < -0.39 is 0 Å². The number of nitrogens with zero attached hydrogens (tertiary/aromatic N) is 2. The number of amides is 2. The Morgan fingerprint density at radius 1 is 1.34 bits per heavy atom. The third-order valence-electron chi connectivity index (χ3n) is 4.63. The SMILES string of the molecule is CC(C)NC(=O)CCN(CC1CCCO1)C(=O)c1cc(-c2cccc(Cl)c2)on1. The van der Waals surface area contributed by atoms with E-state index in [2.05, 4.69) is 10.5 Å². The molecule has 0 bridgehead atoms. The molecule has 2 aromatic rings. The van der Waals surface area contributed by atoms with Crippen molar-refractivity contribution in [1.29, 1.82) is 0 Å². The lowest BCUT2D eigenvalue weighted by Gasteiger charge is -2.24. The number of halogens is 1. The van der Waals surface area contributed by atoms with Crippen LogP contribution in [0.15, 0.2) is 34.9 Å². The summed E-state index contributed by atoms with van der Waals surface area (Å²) >= 11 is 6.03. The van der Waals surface area contributed by atoms with E-state index in [0.29, 0.717) is 23.9 Å². The standard InChI is InChI=1S/C21H26ClN3O4/c1-14(2)23-20(26)8-9-25(13-17-7-4-10-28-17)21(27)18-12-19(29-24-18)15-5-3-6-16(22)11-15/h3,5-6,11-12,14,17H,4,7-10,13H2,1-2H3,(H,23,26). The summed E-state index contributed by atoms with van der Waals surface area (Å²) in [6.45, 7) is 5.22. The third kappa shape index (κ3) is 6.05. The first kappa shape index (κ1) is 21.3. The van der Waals surface area contributed by atoms with Crippen molar-refractivity contribution in [2.75, 3.05) is 19.7 Å². The van der Waals surface area contributed by atoms with Crippen LogP contribution in [0.1, 0.15) is 43.6 Å². The van der Waals surface area contributed by atoms with Crippen molar-refractivity contribution in [3.63, 3.8) is 0 Å². The van der Waals surface area contributed by atoms with Crippen LogP contribution in [0.2, 0.25) is 5.02 Å². The molecule has 2 amide bonds. The number of carbonyl (C=O) groups is 2. The van der Waals surface area contributed by atoms with Crippen molar-refractivity contribution in [2.24, 2.45) is 0 Å². The summed E-state index contributed by atoms with van der Waals surface area (Å²) in [5, 5.41) is 7.36. The molecular formula is C21H26ClN3O4. The molecule has 1 aromatic carbocycles. The van der Waals surface area contributed by atoms with Gasteiger partial charge >= 0.3 is 0 Å². The molecule has 2 heterocycles. The van der Waals surface area contributed by atoms with Gasteiger partial charge in [0.05, 0.1) is 6.10 Å². The van der Waals surface area contributed by atoms with E-state index in [-0.39, 0.29) is 42.6 Å². The Bertz CT molecular complexity index is 846. The van der Waals surface area contributed by atoms with Crippen LogP contribution in [0.5, 0.6) is 0 Å². The lowest BCUT2D eigenvalue weighted by Crippen LogP contribution is -2.40. The monoisotopic (exact) mass is 419 g/mol. The van der Waals surface area contributed by atoms with Crippen LogP contribution in [-0.4, -0.2) is 53.7 Å². The fraction of sp³-hybridized carbons (Fsp3) is 0.476. The maximum absolute atomic E-state index is 13.1. The van der Waals surface area contributed by atoms with E-state index in [0.717, 1.165) is 18.4 Å². The zero-order chi connectivity index (χ0) is 20.8. The summed E-state index contributed by atoms with van der Waals surface area (Å²) in [5.74, 6) is 0.0882. The second kappa shape index (κ2) is 9.89. The maximum Gasteiger partial charge on any atom is 0.276 e. The van der Waals surface area contributed by atoms with Gasteiger partial charge in [0.15, 0.2) is 11.5 Å². The number of benzene rings is 1. The molecule has 0 aliphatic carbocycles. The average molecular weight is 420 g/mol. The molecule has 0 saturated carbocycles. The van der Waals surface area contributed by atoms with Crippen molar-refractivity contribution < 1.29 is 18.8 Å². The Morgan fingerprint density at radius 3 is 2.86 bits per heavy atom. The number of hydrogen-bond acceptors (Lipinski definition) is 5. The van der Waals surface area contributed by atoms with Gasteiger partial charge in [-0.05, 0) is 38.8 Å². The van der Waals surface area contributed by atoms with Crippen LogP contribution in [0, 0.1) is 0 Å². The van der Waals surface area contributed by atoms with E-state index in [1.807, 2.05) is 19.9 Å². The summed E-state index contributed by atoms with van der Waals surface area (Å²) < 4.78 is 11.0. The van der Waals surface area contributed by atoms with Crippen LogP contribution < -0.4 is 5.32 Å². The lowest BCUT2D eigenvalue weighted by atomic mass is 10.1. The van der Waals surface area contributed by atoms with Gasteiger partial charge in [-0.25, -0.2) is 0 Å². The molecule has 7 nitrogen and oxygen atoms in total. The van der Waals surface area contributed by atoms with Crippen molar-refractivity contribution in [1.82, 2.24) is 15.4 Å². The van der Waals surface area contributed by atoms with Gasteiger partial charge in [-0.3, -0.25) is 9.59 Å². The molecule has 29 heavy (non-hydrogen) atoms. The molecule has 1 saturated heterocycles. The zero-order valence-corrected chi connectivity index (χ0v) is 17.4. The van der Waals surface area contributed by atoms with E-state index in [1.54, 1.807) is 29.2 Å². The number of ether oxygens (including phenoxy) is 1. The molecule has 1 atom stereocenters. The number of rotatable bonds is 8. The van der Waals surface area contributed by atoms with E-state index in [9.17, 15) is 9.59 Å². The summed E-state index contributed by atoms with van der Waals surface area (Å²) in [6.07, 6.45) is 2.07. The molecule has 3 rings (SSSR count). The highest BCUT2D eigenvalue weighted by molar-refractivity contribution is 6.30. The minimum absolute atomic E-state index is 0.0218.